The van der Waals surface area contributed by atoms with Gasteiger partial charge in [-0.3, -0.25) is 14.6 Å². The van der Waals surface area contributed by atoms with Crippen molar-refractivity contribution in [2.75, 3.05) is 0 Å². The average Bonchev–Trinajstić information content (AvgIpc) is 2.71. The van der Waals surface area contributed by atoms with Crippen LogP contribution in [0.25, 0.3) is 10.9 Å². The number of nitrogens with one attached hydrogen (secondary N) is 2. The van der Waals surface area contributed by atoms with Crippen LogP contribution in [-0.2, 0) is 6.54 Å². The molecule has 0 radical (unpaired) electrons. The minimum Gasteiger partial charge on any atom is -0.272 e. The van der Waals surface area contributed by atoms with Crippen LogP contribution in [0.5, 0.6) is 0 Å². The maximum absolute atomic E-state index is 11.6. The largest absolute Gasteiger partial charge is 0.342 e. The lowest BCUT2D eigenvalue weighted by atomic mass is 10.1. The van der Waals surface area contributed by atoms with Gasteiger partial charge in [-0.25, -0.2) is 9.89 Å². The Kier molecular flexibility index (Phi) is 2.56. The number of hydrogen-bond donors (Lipinski definition) is 2. The molecule has 90 valence electrons. The molecule has 0 spiro atoms. The molecule has 18 heavy (non-hydrogen) atoms. The molecule has 1 aromatic carbocycles. The molecule has 5 nitrogen and oxygen atoms in total. The molecule has 0 aliphatic carbocycles. The van der Waals surface area contributed by atoms with E-state index in [4.69, 9.17) is 12.2 Å². The normalized spacial score (nSPS) is 10.9. The van der Waals surface area contributed by atoms with Gasteiger partial charge in [0.25, 0.3) is 0 Å². The summed E-state index contributed by atoms with van der Waals surface area (Å²) in [5.41, 5.74) is 1.62. The molecule has 0 fully saturated rings. The summed E-state index contributed by atoms with van der Waals surface area (Å²) in [7, 11) is 0. The Morgan fingerprint density at radius 2 is 2.06 bits per heavy atom. The van der Waals surface area contributed by atoms with Crippen LogP contribution in [0.15, 0.2) is 41.3 Å². The van der Waals surface area contributed by atoms with Crippen LogP contribution in [0.2, 0.25) is 0 Å². The first kappa shape index (κ1) is 10.9. The highest BCUT2D eigenvalue weighted by Crippen LogP contribution is 2.16. The Morgan fingerprint density at radius 3 is 2.83 bits per heavy atom. The van der Waals surface area contributed by atoms with Crippen molar-refractivity contribution in [2.24, 2.45) is 0 Å². The molecule has 0 saturated heterocycles. The summed E-state index contributed by atoms with van der Waals surface area (Å²) in [5, 5.41) is 6.14. The second kappa shape index (κ2) is 4.23. The lowest BCUT2D eigenvalue weighted by molar-refractivity contribution is 0.754. The van der Waals surface area contributed by atoms with Gasteiger partial charge in [-0.2, -0.15) is 0 Å². The van der Waals surface area contributed by atoms with E-state index in [-0.39, 0.29) is 5.69 Å². The molecule has 0 aliphatic rings. The topological polar surface area (TPSA) is 66.5 Å². The molecular weight excluding hydrogens is 248 g/mol. The van der Waals surface area contributed by atoms with Crippen molar-refractivity contribution in [3.8, 4) is 0 Å². The molecule has 2 aromatic heterocycles. The molecule has 0 bridgehead atoms. The fourth-order valence-electron chi connectivity index (χ4n) is 1.94. The van der Waals surface area contributed by atoms with E-state index >= 15 is 0 Å². The molecular formula is C12H10N4OS. The Hall–Kier alpha value is -2.21. The van der Waals surface area contributed by atoms with E-state index in [9.17, 15) is 4.79 Å². The lowest BCUT2D eigenvalue weighted by Gasteiger charge is -2.05. The SMILES string of the molecule is O=c1[nH][nH]c(=S)n1Cc1cccc2cccnc12. The summed E-state index contributed by atoms with van der Waals surface area (Å²) in [4.78, 5) is 15.9. The minimum absolute atomic E-state index is 0.243. The van der Waals surface area contributed by atoms with Crippen LogP contribution in [0.3, 0.4) is 0 Å². The average molecular weight is 258 g/mol. The Labute approximate surface area is 107 Å². The first-order chi connectivity index (χ1) is 8.75. The van der Waals surface area contributed by atoms with Crippen molar-refractivity contribution in [3.05, 3.63) is 57.3 Å². The van der Waals surface area contributed by atoms with Crippen LogP contribution in [0, 0.1) is 4.77 Å². The fraction of sp³-hybridized carbons (Fsp3) is 0.0833. The third-order valence-corrected chi connectivity index (χ3v) is 3.13. The summed E-state index contributed by atoms with van der Waals surface area (Å²) in [6.45, 7) is 0.409. The van der Waals surface area contributed by atoms with Gasteiger partial charge in [0, 0.05) is 11.6 Å². The monoisotopic (exact) mass is 258 g/mol. The van der Waals surface area contributed by atoms with Gasteiger partial charge in [-0.1, -0.05) is 24.3 Å². The summed E-state index contributed by atoms with van der Waals surface area (Å²) in [6.07, 6.45) is 1.74. The maximum atomic E-state index is 11.6. The third-order valence-electron chi connectivity index (χ3n) is 2.81. The van der Waals surface area contributed by atoms with Crippen molar-refractivity contribution >= 4 is 23.1 Å². The number of hydrogen-bond acceptors (Lipinski definition) is 3. The Bertz CT molecular complexity index is 782. The molecule has 0 unspecified atom stereocenters. The van der Waals surface area contributed by atoms with Gasteiger partial charge in [0.2, 0.25) is 0 Å². The number of para-hydroxylation sites is 1. The third kappa shape index (κ3) is 1.76. The molecule has 2 N–H and O–H groups in total. The number of fused-ring (bicyclic) bond motifs is 1. The first-order valence-electron chi connectivity index (χ1n) is 5.46. The molecule has 3 aromatic rings. The van der Waals surface area contributed by atoms with Crippen molar-refractivity contribution in [3.63, 3.8) is 0 Å². The summed E-state index contributed by atoms with van der Waals surface area (Å²) >= 11 is 5.05. The number of aromatic nitrogens is 4. The number of rotatable bonds is 2. The van der Waals surface area contributed by atoms with E-state index in [0.29, 0.717) is 11.3 Å². The Morgan fingerprint density at radius 1 is 1.22 bits per heavy atom. The van der Waals surface area contributed by atoms with Crippen molar-refractivity contribution in [1.82, 2.24) is 19.7 Å². The zero-order valence-electron chi connectivity index (χ0n) is 9.38. The van der Waals surface area contributed by atoms with Crippen LogP contribution < -0.4 is 5.69 Å². The van der Waals surface area contributed by atoms with Crippen LogP contribution >= 0.6 is 12.2 Å². The number of H-pyrrole nitrogens is 2. The first-order valence-corrected chi connectivity index (χ1v) is 5.86. The van der Waals surface area contributed by atoms with Gasteiger partial charge in [0.05, 0.1) is 12.1 Å². The smallest absolute Gasteiger partial charge is 0.272 e. The van der Waals surface area contributed by atoms with Crippen LogP contribution in [0.4, 0.5) is 0 Å². The molecule has 0 aliphatic heterocycles. The lowest BCUT2D eigenvalue weighted by Crippen LogP contribution is -2.17. The second-order valence-electron chi connectivity index (χ2n) is 3.94. The Balaban J connectivity index is 2.16. The summed E-state index contributed by atoms with van der Waals surface area (Å²) < 4.78 is 1.85. The van der Waals surface area contributed by atoms with Crippen molar-refractivity contribution < 1.29 is 0 Å². The zero-order chi connectivity index (χ0) is 12.5. The van der Waals surface area contributed by atoms with Gasteiger partial charge < -0.3 is 0 Å². The van der Waals surface area contributed by atoms with Gasteiger partial charge in [0.15, 0.2) is 4.77 Å². The van der Waals surface area contributed by atoms with E-state index in [1.165, 1.54) is 4.57 Å². The van der Waals surface area contributed by atoms with E-state index in [0.717, 1.165) is 16.5 Å². The van der Waals surface area contributed by atoms with E-state index in [1.807, 2.05) is 30.3 Å². The molecule has 0 amide bonds. The second-order valence-corrected chi connectivity index (χ2v) is 4.33. The standard InChI is InChI=1S/C12H10N4OS/c17-11-14-15-12(18)16(11)7-9-4-1-3-8-5-2-6-13-10(8)9/h1-6H,7H2,(H,14,17)(H,15,18). The molecule has 0 atom stereocenters. The number of aromatic amines is 2. The fourth-order valence-corrected chi connectivity index (χ4v) is 2.14. The number of benzene rings is 1. The highest BCUT2D eigenvalue weighted by molar-refractivity contribution is 7.71. The van der Waals surface area contributed by atoms with Crippen LogP contribution in [-0.4, -0.2) is 19.7 Å². The quantitative estimate of drug-likeness (QED) is 0.689. The maximum Gasteiger partial charge on any atom is 0.342 e. The predicted octanol–water partition coefficient (Wildman–Crippen LogP) is 1.83. The van der Waals surface area contributed by atoms with Gasteiger partial charge in [0.1, 0.15) is 0 Å². The van der Waals surface area contributed by atoms with E-state index in [1.54, 1.807) is 6.20 Å². The molecule has 6 heteroatoms. The molecule has 2 heterocycles. The summed E-state index contributed by atoms with van der Waals surface area (Å²) in [6, 6.07) is 9.77. The number of nitrogens with zero attached hydrogens (tertiary/aromatic N) is 2. The van der Waals surface area contributed by atoms with E-state index < -0.39 is 0 Å². The molecule has 3 rings (SSSR count). The van der Waals surface area contributed by atoms with Gasteiger partial charge >= 0.3 is 5.69 Å². The zero-order valence-corrected chi connectivity index (χ0v) is 10.2. The van der Waals surface area contributed by atoms with Crippen LogP contribution in [0.1, 0.15) is 5.56 Å². The number of pyridine rings is 1. The molecule has 0 saturated carbocycles. The predicted molar refractivity (Wildman–Crippen MR) is 71.1 cm³/mol. The van der Waals surface area contributed by atoms with Crippen molar-refractivity contribution in [2.45, 2.75) is 6.54 Å². The van der Waals surface area contributed by atoms with Crippen molar-refractivity contribution in [1.29, 1.82) is 0 Å². The highest BCUT2D eigenvalue weighted by atomic mass is 32.1. The van der Waals surface area contributed by atoms with Gasteiger partial charge in [-0.15, -0.1) is 0 Å². The summed E-state index contributed by atoms with van der Waals surface area (Å²) in [5.74, 6) is 0. The minimum atomic E-state index is -0.243. The van der Waals surface area contributed by atoms with E-state index in [2.05, 4.69) is 15.2 Å². The van der Waals surface area contributed by atoms with Gasteiger partial charge in [-0.05, 0) is 23.8 Å². The highest BCUT2D eigenvalue weighted by Gasteiger charge is 2.05.